The molecule has 0 bridgehead atoms. The molecule has 0 N–H and O–H groups in total. The predicted octanol–water partition coefficient (Wildman–Crippen LogP) is 5.61. The first-order valence-electron chi connectivity index (χ1n) is 10.3. The van der Waals surface area contributed by atoms with Gasteiger partial charge in [-0.1, -0.05) is 72.3 Å². The number of hydrogen-bond donors (Lipinski definition) is 0. The van der Waals surface area contributed by atoms with Crippen molar-refractivity contribution in [3.8, 4) is 5.75 Å². The summed E-state index contributed by atoms with van der Waals surface area (Å²) in [6, 6.07) is 26.0. The highest BCUT2D eigenvalue weighted by atomic mass is 35.5. The number of rotatable bonds is 7. The van der Waals surface area contributed by atoms with Gasteiger partial charge in [-0.05, 0) is 23.8 Å². The maximum absolute atomic E-state index is 6.54. The molecule has 32 heavy (non-hydrogen) atoms. The monoisotopic (exact) mass is 440 g/mol. The Morgan fingerprint density at radius 2 is 1.41 bits per heavy atom. The van der Waals surface area contributed by atoms with Gasteiger partial charge in [0.05, 0.1) is 12.7 Å². The fraction of sp³-hybridized carbons (Fsp3) is 0.0769. The highest BCUT2D eigenvalue weighted by Gasteiger charge is 2.40. The molecule has 0 fully saturated rings. The van der Waals surface area contributed by atoms with Crippen LogP contribution in [-0.4, -0.2) is 19.1 Å². The van der Waals surface area contributed by atoms with Crippen molar-refractivity contribution in [2.45, 2.75) is 12.3 Å². The van der Waals surface area contributed by atoms with Crippen molar-refractivity contribution in [2.75, 3.05) is 0 Å². The molecule has 2 heterocycles. The second kappa shape index (κ2) is 8.73. The normalized spacial score (nSPS) is 11.4. The lowest BCUT2D eigenvalue weighted by molar-refractivity contribution is 0.281. The third-order valence-corrected chi connectivity index (χ3v) is 5.72. The Morgan fingerprint density at radius 1 is 0.781 bits per heavy atom. The van der Waals surface area contributed by atoms with E-state index in [9.17, 15) is 0 Å². The Bertz CT molecular complexity index is 1240. The molecule has 0 radical (unpaired) electrons. The number of hydrogen-bond acceptors (Lipinski definition) is 3. The van der Waals surface area contributed by atoms with E-state index in [0.29, 0.717) is 11.6 Å². The fourth-order valence-electron chi connectivity index (χ4n) is 4.07. The molecule has 0 aliphatic rings. The molecule has 0 unspecified atom stereocenters. The zero-order valence-electron chi connectivity index (χ0n) is 17.3. The van der Waals surface area contributed by atoms with Crippen molar-refractivity contribution >= 4 is 11.6 Å². The third-order valence-electron chi connectivity index (χ3n) is 5.49. The van der Waals surface area contributed by atoms with E-state index in [1.165, 1.54) is 0 Å². The maximum atomic E-state index is 6.54. The Hall–Kier alpha value is -3.83. The van der Waals surface area contributed by atoms with Crippen LogP contribution in [0.3, 0.4) is 0 Å². The minimum atomic E-state index is -0.842. The van der Waals surface area contributed by atoms with E-state index in [1.807, 2.05) is 88.3 Å². The van der Waals surface area contributed by atoms with Gasteiger partial charge in [-0.15, -0.1) is 0 Å². The molecule has 6 heteroatoms. The highest BCUT2D eigenvalue weighted by Crippen LogP contribution is 2.42. The van der Waals surface area contributed by atoms with Crippen LogP contribution in [0, 0.1) is 0 Å². The summed E-state index contributed by atoms with van der Waals surface area (Å²) in [5.74, 6) is 0.726. The summed E-state index contributed by atoms with van der Waals surface area (Å²) in [5, 5.41) is 0.618. The number of nitrogens with zero attached hydrogens (tertiary/aromatic N) is 4. The zero-order valence-corrected chi connectivity index (χ0v) is 18.0. The van der Waals surface area contributed by atoms with Gasteiger partial charge >= 0.3 is 0 Å². The number of ether oxygens (including phenoxy) is 1. The van der Waals surface area contributed by atoms with Crippen molar-refractivity contribution in [1.29, 1.82) is 0 Å². The molecule has 0 aliphatic heterocycles. The number of imidazole rings is 2. The first kappa shape index (κ1) is 20.1. The average Bonchev–Trinajstić information content (AvgIpc) is 3.56. The molecule has 5 nitrogen and oxygen atoms in total. The maximum Gasteiger partial charge on any atom is 0.179 e. The first-order chi connectivity index (χ1) is 15.8. The summed E-state index contributed by atoms with van der Waals surface area (Å²) in [6.07, 6.45) is 11.0. The molecular weight excluding hydrogens is 420 g/mol. The van der Waals surface area contributed by atoms with Gasteiger partial charge in [-0.25, -0.2) is 9.97 Å². The van der Waals surface area contributed by atoms with Gasteiger partial charge in [0.1, 0.15) is 12.4 Å². The standard InChI is InChI=1S/C26H21ClN4O/c27-23-11-12-25(32-18-21-7-3-1-4-8-21)24(17-23)26(30-15-13-28-19-30,31-16-14-29-20-31)22-9-5-2-6-10-22/h1-17,19-20H,18H2. The Balaban J connectivity index is 1.75. The first-order valence-corrected chi connectivity index (χ1v) is 10.7. The van der Waals surface area contributed by atoms with Gasteiger partial charge in [-0.2, -0.15) is 0 Å². The van der Waals surface area contributed by atoms with Gasteiger partial charge in [0, 0.05) is 40.9 Å². The van der Waals surface area contributed by atoms with E-state index in [4.69, 9.17) is 16.3 Å². The van der Waals surface area contributed by atoms with E-state index in [1.54, 1.807) is 25.0 Å². The topological polar surface area (TPSA) is 44.9 Å². The Morgan fingerprint density at radius 3 is 2.00 bits per heavy atom. The molecule has 2 aromatic heterocycles. The van der Waals surface area contributed by atoms with Crippen molar-refractivity contribution in [3.63, 3.8) is 0 Å². The molecule has 0 saturated carbocycles. The largest absolute Gasteiger partial charge is 0.488 e. The van der Waals surface area contributed by atoms with E-state index in [0.717, 1.165) is 22.4 Å². The van der Waals surface area contributed by atoms with Gasteiger partial charge < -0.3 is 13.9 Å². The van der Waals surface area contributed by atoms with E-state index in [-0.39, 0.29) is 0 Å². The summed E-state index contributed by atoms with van der Waals surface area (Å²) in [4.78, 5) is 8.70. The van der Waals surface area contributed by atoms with Crippen LogP contribution < -0.4 is 4.74 Å². The summed E-state index contributed by atoms with van der Waals surface area (Å²) in [5.41, 5.74) is 2.14. The van der Waals surface area contributed by atoms with Crippen LogP contribution in [0.15, 0.2) is 116 Å². The van der Waals surface area contributed by atoms with Crippen LogP contribution in [-0.2, 0) is 12.3 Å². The summed E-state index contributed by atoms with van der Waals surface area (Å²) >= 11 is 6.54. The zero-order chi connectivity index (χ0) is 21.8. The van der Waals surface area contributed by atoms with Crippen molar-refractivity contribution in [2.24, 2.45) is 0 Å². The SMILES string of the molecule is Clc1ccc(OCc2ccccc2)c(C(c2ccccc2)(n2ccnc2)n2ccnc2)c1. The minimum Gasteiger partial charge on any atom is -0.488 e. The number of halogens is 1. The summed E-state index contributed by atoms with van der Waals surface area (Å²) in [7, 11) is 0. The van der Waals surface area contributed by atoms with Gasteiger partial charge in [0.2, 0.25) is 0 Å². The smallest absolute Gasteiger partial charge is 0.179 e. The summed E-state index contributed by atoms with van der Waals surface area (Å²) < 4.78 is 10.5. The second-order valence-electron chi connectivity index (χ2n) is 7.39. The lowest BCUT2D eigenvalue weighted by Crippen LogP contribution is -2.42. The third kappa shape index (κ3) is 3.57. The lowest BCUT2D eigenvalue weighted by Gasteiger charge is -2.38. The molecule has 158 valence electrons. The molecule has 3 aromatic carbocycles. The molecule has 0 amide bonds. The van der Waals surface area contributed by atoms with Crippen LogP contribution in [0.25, 0.3) is 0 Å². The molecule has 5 aromatic rings. The van der Waals surface area contributed by atoms with Crippen LogP contribution in [0.2, 0.25) is 5.02 Å². The quantitative estimate of drug-likeness (QED) is 0.330. The number of benzene rings is 3. The predicted molar refractivity (Wildman–Crippen MR) is 125 cm³/mol. The molecule has 0 aliphatic carbocycles. The van der Waals surface area contributed by atoms with Crippen LogP contribution >= 0.6 is 11.6 Å². The summed E-state index contributed by atoms with van der Waals surface area (Å²) in [6.45, 7) is 0.439. The highest BCUT2D eigenvalue weighted by molar-refractivity contribution is 6.30. The van der Waals surface area contributed by atoms with Crippen LogP contribution in [0.5, 0.6) is 5.75 Å². The van der Waals surface area contributed by atoms with Crippen molar-refractivity contribution < 1.29 is 4.74 Å². The molecule has 5 rings (SSSR count). The van der Waals surface area contributed by atoms with E-state index < -0.39 is 5.66 Å². The van der Waals surface area contributed by atoms with Gasteiger partial charge in [0.15, 0.2) is 5.66 Å². The van der Waals surface area contributed by atoms with Crippen LogP contribution in [0.1, 0.15) is 16.7 Å². The van der Waals surface area contributed by atoms with Gasteiger partial charge in [0.25, 0.3) is 0 Å². The van der Waals surface area contributed by atoms with Crippen molar-refractivity contribution in [1.82, 2.24) is 19.1 Å². The van der Waals surface area contributed by atoms with E-state index in [2.05, 4.69) is 22.1 Å². The molecule has 0 atom stereocenters. The Kier molecular flexibility index (Phi) is 5.48. The van der Waals surface area contributed by atoms with Crippen molar-refractivity contribution in [3.05, 3.63) is 138 Å². The second-order valence-corrected chi connectivity index (χ2v) is 7.83. The van der Waals surface area contributed by atoms with Crippen LogP contribution in [0.4, 0.5) is 0 Å². The van der Waals surface area contributed by atoms with E-state index >= 15 is 0 Å². The molecule has 0 saturated heterocycles. The average molecular weight is 441 g/mol. The molecular formula is C26H21ClN4O. The molecule has 0 spiro atoms. The Labute approximate surface area is 191 Å². The van der Waals surface area contributed by atoms with Gasteiger partial charge in [-0.3, -0.25) is 0 Å². The minimum absolute atomic E-state index is 0.439. The number of aromatic nitrogens is 4. The lowest BCUT2D eigenvalue weighted by atomic mass is 9.89. The fourth-order valence-corrected chi connectivity index (χ4v) is 4.24.